The number of hydrogen-bond acceptors (Lipinski definition) is 4. The molecule has 0 amide bonds. The molecular formula is C17H22N2OS. The van der Waals surface area contributed by atoms with E-state index < -0.39 is 0 Å². The number of aliphatic hydroxyl groups is 1. The summed E-state index contributed by atoms with van der Waals surface area (Å²) in [4.78, 5) is 8.13. The molecule has 1 saturated heterocycles. The third-order valence-corrected chi connectivity index (χ3v) is 5.37. The molecule has 2 heterocycles. The van der Waals surface area contributed by atoms with Crippen molar-refractivity contribution in [2.75, 3.05) is 18.0 Å². The molecule has 1 aromatic heterocycles. The maximum absolute atomic E-state index is 9.63. The molecule has 2 aromatic rings. The molecule has 21 heavy (non-hydrogen) atoms. The van der Waals surface area contributed by atoms with E-state index in [0.717, 1.165) is 34.4 Å². The average Bonchev–Trinajstić information content (AvgIpc) is 2.92. The molecule has 1 fully saturated rings. The first kappa shape index (κ1) is 14.5. The number of thiazole rings is 1. The van der Waals surface area contributed by atoms with Crippen LogP contribution in [-0.2, 0) is 6.61 Å². The van der Waals surface area contributed by atoms with Gasteiger partial charge in [-0.1, -0.05) is 55.5 Å². The maximum atomic E-state index is 9.63. The molecule has 112 valence electrons. The van der Waals surface area contributed by atoms with Crippen molar-refractivity contribution in [3.05, 3.63) is 35.2 Å². The van der Waals surface area contributed by atoms with Gasteiger partial charge in [-0.3, -0.25) is 0 Å². The van der Waals surface area contributed by atoms with Gasteiger partial charge in [-0.05, 0) is 18.3 Å². The van der Waals surface area contributed by atoms with Gasteiger partial charge in [0.15, 0.2) is 5.13 Å². The first-order valence-electron chi connectivity index (χ1n) is 7.50. The van der Waals surface area contributed by atoms with Crippen LogP contribution in [0.3, 0.4) is 0 Å². The van der Waals surface area contributed by atoms with Gasteiger partial charge in [0, 0.05) is 18.7 Å². The van der Waals surface area contributed by atoms with Crippen LogP contribution in [0.25, 0.3) is 11.3 Å². The SMILES string of the molecule is CC1(C)CCN(c2nc(-c3ccccc3)c(CO)s2)CC1. The fraction of sp³-hybridized carbons (Fsp3) is 0.471. The van der Waals surface area contributed by atoms with Crippen molar-refractivity contribution in [1.82, 2.24) is 4.98 Å². The second kappa shape index (κ2) is 5.78. The van der Waals surface area contributed by atoms with Crippen molar-refractivity contribution in [1.29, 1.82) is 0 Å². The summed E-state index contributed by atoms with van der Waals surface area (Å²) in [6, 6.07) is 10.1. The van der Waals surface area contributed by atoms with Crippen molar-refractivity contribution in [2.24, 2.45) is 5.41 Å². The lowest BCUT2D eigenvalue weighted by atomic mass is 9.83. The highest BCUT2D eigenvalue weighted by molar-refractivity contribution is 7.16. The van der Waals surface area contributed by atoms with Crippen molar-refractivity contribution in [3.63, 3.8) is 0 Å². The number of benzene rings is 1. The molecule has 0 bridgehead atoms. The Labute approximate surface area is 130 Å². The van der Waals surface area contributed by atoms with E-state index in [2.05, 4.69) is 30.9 Å². The quantitative estimate of drug-likeness (QED) is 0.933. The van der Waals surface area contributed by atoms with Gasteiger partial charge in [0.05, 0.1) is 17.2 Å². The lowest BCUT2D eigenvalue weighted by Gasteiger charge is -2.36. The second-order valence-corrected chi connectivity index (χ2v) is 7.51. The van der Waals surface area contributed by atoms with Gasteiger partial charge in [0.2, 0.25) is 0 Å². The van der Waals surface area contributed by atoms with E-state index in [0.29, 0.717) is 5.41 Å². The number of aliphatic hydroxyl groups excluding tert-OH is 1. The minimum Gasteiger partial charge on any atom is -0.391 e. The van der Waals surface area contributed by atoms with E-state index in [1.54, 1.807) is 11.3 Å². The first-order valence-corrected chi connectivity index (χ1v) is 8.32. The molecule has 1 aliphatic heterocycles. The summed E-state index contributed by atoms with van der Waals surface area (Å²) in [7, 11) is 0. The second-order valence-electron chi connectivity index (χ2n) is 6.44. The number of nitrogens with zero attached hydrogens (tertiary/aromatic N) is 2. The Morgan fingerprint density at radius 1 is 1.19 bits per heavy atom. The summed E-state index contributed by atoms with van der Waals surface area (Å²) in [6.07, 6.45) is 2.39. The number of anilines is 1. The molecule has 3 nitrogen and oxygen atoms in total. The predicted octanol–water partition coefficient (Wildman–Crippen LogP) is 3.93. The molecule has 0 spiro atoms. The Balaban J connectivity index is 1.87. The minimum absolute atomic E-state index is 0.0568. The highest BCUT2D eigenvalue weighted by atomic mass is 32.1. The predicted molar refractivity (Wildman–Crippen MR) is 88.7 cm³/mol. The van der Waals surface area contributed by atoms with Crippen LogP contribution in [0.4, 0.5) is 5.13 Å². The molecule has 3 rings (SSSR count). The number of rotatable bonds is 3. The third-order valence-electron chi connectivity index (χ3n) is 4.26. The summed E-state index contributed by atoms with van der Waals surface area (Å²) < 4.78 is 0. The van der Waals surface area contributed by atoms with Gasteiger partial charge in [0.1, 0.15) is 0 Å². The van der Waals surface area contributed by atoms with Gasteiger partial charge < -0.3 is 10.0 Å². The lowest BCUT2D eigenvalue weighted by molar-refractivity contribution is 0.280. The van der Waals surface area contributed by atoms with Crippen molar-refractivity contribution < 1.29 is 5.11 Å². The average molecular weight is 302 g/mol. The van der Waals surface area contributed by atoms with Crippen molar-refractivity contribution >= 4 is 16.5 Å². The monoisotopic (exact) mass is 302 g/mol. The van der Waals surface area contributed by atoms with Gasteiger partial charge in [-0.25, -0.2) is 4.98 Å². The Kier molecular flexibility index (Phi) is 4.00. The molecule has 4 heteroatoms. The van der Waals surface area contributed by atoms with Crippen LogP contribution in [0.2, 0.25) is 0 Å². The Hall–Kier alpha value is -1.39. The van der Waals surface area contributed by atoms with Gasteiger partial charge in [-0.2, -0.15) is 0 Å². The smallest absolute Gasteiger partial charge is 0.186 e. The normalized spacial score (nSPS) is 18.0. The molecule has 1 aromatic carbocycles. The molecule has 0 radical (unpaired) electrons. The standard InChI is InChI=1S/C17H22N2OS/c1-17(2)8-10-19(11-9-17)16-18-15(14(12-20)21-16)13-6-4-3-5-7-13/h3-7,20H,8-12H2,1-2H3. The van der Waals surface area contributed by atoms with Crippen LogP contribution in [0.15, 0.2) is 30.3 Å². The minimum atomic E-state index is 0.0568. The molecule has 0 saturated carbocycles. The van der Waals surface area contributed by atoms with Crippen LogP contribution in [0.1, 0.15) is 31.6 Å². The summed E-state index contributed by atoms with van der Waals surface area (Å²) in [5.41, 5.74) is 2.46. The van der Waals surface area contributed by atoms with Crippen LogP contribution < -0.4 is 4.90 Å². The zero-order chi connectivity index (χ0) is 14.9. The highest BCUT2D eigenvalue weighted by Crippen LogP contribution is 2.37. The summed E-state index contributed by atoms with van der Waals surface area (Å²) in [5.74, 6) is 0. The van der Waals surface area contributed by atoms with Gasteiger partial charge in [-0.15, -0.1) is 0 Å². The zero-order valence-electron chi connectivity index (χ0n) is 12.7. The van der Waals surface area contributed by atoms with Crippen molar-refractivity contribution in [3.8, 4) is 11.3 Å². The Morgan fingerprint density at radius 3 is 2.48 bits per heavy atom. The number of piperidine rings is 1. The van der Waals surface area contributed by atoms with Crippen LogP contribution in [-0.4, -0.2) is 23.2 Å². The van der Waals surface area contributed by atoms with Crippen molar-refractivity contribution in [2.45, 2.75) is 33.3 Å². The van der Waals surface area contributed by atoms with Crippen LogP contribution in [0, 0.1) is 5.41 Å². The number of hydrogen-bond donors (Lipinski definition) is 1. The van der Waals surface area contributed by atoms with Crippen LogP contribution in [0.5, 0.6) is 0 Å². The van der Waals surface area contributed by atoms with E-state index >= 15 is 0 Å². The van der Waals surface area contributed by atoms with E-state index in [1.165, 1.54) is 12.8 Å². The molecule has 0 unspecified atom stereocenters. The molecule has 0 atom stereocenters. The maximum Gasteiger partial charge on any atom is 0.186 e. The summed E-state index contributed by atoms with van der Waals surface area (Å²) in [6.45, 7) is 6.84. The van der Waals surface area contributed by atoms with Gasteiger partial charge >= 0.3 is 0 Å². The lowest BCUT2D eigenvalue weighted by Crippen LogP contribution is -2.37. The number of aromatic nitrogens is 1. The first-order chi connectivity index (χ1) is 10.1. The third kappa shape index (κ3) is 3.11. The fourth-order valence-corrected chi connectivity index (χ4v) is 3.70. The highest BCUT2D eigenvalue weighted by Gasteiger charge is 2.27. The molecule has 0 aliphatic carbocycles. The summed E-state index contributed by atoms with van der Waals surface area (Å²) in [5, 5.41) is 10.7. The topological polar surface area (TPSA) is 36.4 Å². The largest absolute Gasteiger partial charge is 0.391 e. The van der Waals surface area contributed by atoms with E-state index in [9.17, 15) is 5.11 Å². The van der Waals surface area contributed by atoms with E-state index in [4.69, 9.17) is 4.98 Å². The Morgan fingerprint density at radius 2 is 1.86 bits per heavy atom. The molecule has 1 N–H and O–H groups in total. The fourth-order valence-electron chi connectivity index (χ4n) is 2.71. The van der Waals surface area contributed by atoms with E-state index in [1.807, 2.05) is 18.2 Å². The molecule has 1 aliphatic rings. The Bertz CT molecular complexity index is 597. The zero-order valence-corrected chi connectivity index (χ0v) is 13.5. The van der Waals surface area contributed by atoms with E-state index in [-0.39, 0.29) is 6.61 Å². The molecular weight excluding hydrogens is 280 g/mol. The van der Waals surface area contributed by atoms with Gasteiger partial charge in [0.25, 0.3) is 0 Å². The van der Waals surface area contributed by atoms with Crippen LogP contribution >= 0.6 is 11.3 Å². The summed E-state index contributed by atoms with van der Waals surface area (Å²) >= 11 is 1.63.